The van der Waals surface area contributed by atoms with E-state index in [1.807, 2.05) is 59.3 Å². The molecule has 0 atom stereocenters. The van der Waals surface area contributed by atoms with Crippen LogP contribution in [0.15, 0.2) is 71.8 Å². The molecule has 0 bridgehead atoms. The quantitative estimate of drug-likeness (QED) is 0.251. The number of aromatic nitrogens is 7. The fourth-order valence-electron chi connectivity index (χ4n) is 4.82. The summed E-state index contributed by atoms with van der Waals surface area (Å²) in [5.74, 6) is 0.491. The van der Waals surface area contributed by atoms with E-state index in [1.165, 1.54) is 0 Å². The molecule has 5 rings (SSSR count). The number of benzene rings is 2. The van der Waals surface area contributed by atoms with Gasteiger partial charge in [-0.05, 0) is 52.8 Å². The van der Waals surface area contributed by atoms with Gasteiger partial charge in [0.1, 0.15) is 0 Å². The lowest BCUT2D eigenvalue weighted by atomic mass is 9.85. The number of unbranched alkanes of at least 4 members (excludes halogenated alkanes) is 1. The molecule has 0 saturated heterocycles. The van der Waals surface area contributed by atoms with Crippen molar-refractivity contribution >= 4 is 11.6 Å². The van der Waals surface area contributed by atoms with Gasteiger partial charge in [0.25, 0.3) is 0 Å². The van der Waals surface area contributed by atoms with E-state index in [9.17, 15) is 4.79 Å². The van der Waals surface area contributed by atoms with E-state index in [1.54, 1.807) is 10.8 Å². The predicted molar refractivity (Wildman–Crippen MR) is 154 cm³/mol. The highest BCUT2D eigenvalue weighted by molar-refractivity contribution is 6.32. The zero-order chi connectivity index (χ0) is 27.6. The Bertz CT molecular complexity index is 1630. The molecule has 3 heterocycles. The van der Waals surface area contributed by atoms with Crippen LogP contribution in [0.4, 0.5) is 0 Å². The van der Waals surface area contributed by atoms with Crippen LogP contribution in [0.25, 0.3) is 28.3 Å². The van der Waals surface area contributed by atoms with Crippen LogP contribution in [-0.4, -0.2) is 34.7 Å². The van der Waals surface area contributed by atoms with Crippen LogP contribution in [0.1, 0.15) is 57.4 Å². The zero-order valence-corrected chi connectivity index (χ0v) is 23.4. The van der Waals surface area contributed by atoms with E-state index < -0.39 is 0 Å². The van der Waals surface area contributed by atoms with Crippen molar-refractivity contribution in [3.05, 3.63) is 99.3 Å². The molecular weight excluding hydrogens is 510 g/mol. The number of halogens is 1. The fraction of sp³-hybridized carbons (Fsp3) is 0.300. The van der Waals surface area contributed by atoms with Crippen molar-refractivity contribution in [1.29, 1.82) is 0 Å². The highest BCUT2D eigenvalue weighted by Crippen LogP contribution is 2.33. The largest absolute Gasteiger partial charge is 0.333 e. The standard InChI is InChI=1S/C30H32ClN7O/c1-5-6-9-22-19-38(27-24(30(2,3)4)11-7-12-25(27)31)29(39)37(22)18-20-13-15-21(16-14-20)26-23(10-8-17-32-26)28-33-35-36-34-28/h7-8,10-17,19H,5-6,9,18H2,1-4H3,(H,33,34,35,36). The highest BCUT2D eigenvalue weighted by atomic mass is 35.5. The summed E-state index contributed by atoms with van der Waals surface area (Å²) >= 11 is 6.70. The first-order valence-corrected chi connectivity index (χ1v) is 13.5. The molecule has 200 valence electrons. The van der Waals surface area contributed by atoms with Crippen molar-refractivity contribution in [3.63, 3.8) is 0 Å². The number of hydrogen-bond acceptors (Lipinski definition) is 5. The Balaban J connectivity index is 1.52. The second kappa shape index (κ2) is 11.0. The maximum Gasteiger partial charge on any atom is 0.333 e. The number of rotatable bonds is 8. The second-order valence-electron chi connectivity index (χ2n) is 10.7. The summed E-state index contributed by atoms with van der Waals surface area (Å²) in [4.78, 5) is 18.4. The molecule has 0 saturated carbocycles. The number of aromatic amines is 1. The predicted octanol–water partition coefficient (Wildman–Crippen LogP) is 6.22. The number of tetrazole rings is 1. The monoisotopic (exact) mass is 541 g/mol. The molecule has 0 amide bonds. The topological polar surface area (TPSA) is 94.3 Å². The molecule has 5 aromatic rings. The minimum absolute atomic E-state index is 0.0899. The number of imidazole rings is 1. The van der Waals surface area contributed by atoms with Crippen LogP contribution >= 0.6 is 11.6 Å². The molecule has 2 aromatic carbocycles. The first-order valence-electron chi connectivity index (χ1n) is 13.2. The Morgan fingerprint density at radius 3 is 2.51 bits per heavy atom. The molecule has 8 nitrogen and oxygen atoms in total. The lowest BCUT2D eigenvalue weighted by molar-refractivity contribution is 0.584. The summed E-state index contributed by atoms with van der Waals surface area (Å²) < 4.78 is 3.60. The van der Waals surface area contributed by atoms with Crippen molar-refractivity contribution in [3.8, 4) is 28.3 Å². The Kier molecular flexibility index (Phi) is 7.48. The van der Waals surface area contributed by atoms with E-state index in [0.29, 0.717) is 17.4 Å². The number of nitrogens with zero attached hydrogens (tertiary/aromatic N) is 6. The van der Waals surface area contributed by atoms with Crippen LogP contribution in [0.2, 0.25) is 5.02 Å². The lowest BCUT2D eigenvalue weighted by Crippen LogP contribution is -2.27. The van der Waals surface area contributed by atoms with Crippen LogP contribution in [0.5, 0.6) is 0 Å². The van der Waals surface area contributed by atoms with Crippen molar-refractivity contribution in [2.45, 2.75) is 58.9 Å². The molecule has 0 radical (unpaired) electrons. The Hall–Kier alpha value is -4.04. The van der Waals surface area contributed by atoms with E-state index in [2.05, 4.69) is 59.4 Å². The van der Waals surface area contributed by atoms with Gasteiger partial charge in [0.2, 0.25) is 5.82 Å². The van der Waals surface area contributed by atoms with Crippen LogP contribution < -0.4 is 5.69 Å². The Morgan fingerprint density at radius 1 is 1.03 bits per heavy atom. The van der Waals surface area contributed by atoms with Gasteiger partial charge in [-0.15, -0.1) is 10.2 Å². The summed E-state index contributed by atoms with van der Waals surface area (Å²) in [5, 5.41) is 15.0. The summed E-state index contributed by atoms with van der Waals surface area (Å²) in [6, 6.07) is 17.7. The van der Waals surface area contributed by atoms with Gasteiger partial charge in [-0.3, -0.25) is 14.1 Å². The van der Waals surface area contributed by atoms with Gasteiger partial charge in [-0.2, -0.15) is 5.21 Å². The third-order valence-corrected chi connectivity index (χ3v) is 7.15. The maximum absolute atomic E-state index is 13.9. The third-order valence-electron chi connectivity index (χ3n) is 6.85. The van der Waals surface area contributed by atoms with Gasteiger partial charge >= 0.3 is 5.69 Å². The summed E-state index contributed by atoms with van der Waals surface area (Å²) in [6.07, 6.45) is 6.56. The van der Waals surface area contributed by atoms with E-state index in [4.69, 9.17) is 11.6 Å². The maximum atomic E-state index is 13.9. The molecule has 9 heteroatoms. The molecule has 0 unspecified atom stereocenters. The number of pyridine rings is 1. The van der Waals surface area contributed by atoms with Gasteiger partial charge in [0.15, 0.2) is 0 Å². The molecule has 1 N–H and O–H groups in total. The number of hydrogen-bond donors (Lipinski definition) is 1. The first kappa shape index (κ1) is 26.6. The highest BCUT2D eigenvalue weighted by Gasteiger charge is 2.24. The van der Waals surface area contributed by atoms with E-state index in [0.717, 1.165) is 58.6 Å². The van der Waals surface area contributed by atoms with Crippen molar-refractivity contribution < 1.29 is 0 Å². The van der Waals surface area contributed by atoms with E-state index >= 15 is 0 Å². The number of aryl methyl sites for hydroxylation is 1. The van der Waals surface area contributed by atoms with Crippen molar-refractivity contribution in [2.75, 3.05) is 0 Å². The Labute approximate surface area is 232 Å². The zero-order valence-electron chi connectivity index (χ0n) is 22.6. The van der Waals surface area contributed by atoms with Gasteiger partial charge in [0.05, 0.1) is 22.9 Å². The smallest absolute Gasteiger partial charge is 0.292 e. The lowest BCUT2D eigenvalue weighted by Gasteiger charge is -2.23. The normalized spacial score (nSPS) is 11.7. The molecular formula is C30H32ClN7O. The molecule has 39 heavy (non-hydrogen) atoms. The minimum Gasteiger partial charge on any atom is -0.292 e. The number of para-hydroxylation sites is 1. The number of nitrogens with one attached hydrogen (secondary N) is 1. The van der Waals surface area contributed by atoms with Crippen molar-refractivity contribution in [1.82, 2.24) is 34.7 Å². The van der Waals surface area contributed by atoms with Gasteiger partial charge in [0, 0.05) is 29.2 Å². The average Bonchev–Trinajstić information content (AvgIpc) is 3.56. The molecule has 3 aromatic heterocycles. The molecule has 0 fully saturated rings. The summed E-state index contributed by atoms with van der Waals surface area (Å²) in [5.41, 5.74) is 6.04. The van der Waals surface area contributed by atoms with Crippen LogP contribution in [0, 0.1) is 0 Å². The summed E-state index contributed by atoms with van der Waals surface area (Å²) in [7, 11) is 0. The minimum atomic E-state index is -0.174. The van der Waals surface area contributed by atoms with Gasteiger partial charge in [-0.1, -0.05) is 82.1 Å². The van der Waals surface area contributed by atoms with Gasteiger partial charge in [-0.25, -0.2) is 4.79 Å². The molecule has 0 aliphatic carbocycles. The molecule has 0 aliphatic heterocycles. The molecule has 0 aliphatic rings. The first-order chi connectivity index (χ1) is 18.8. The fourth-order valence-corrected chi connectivity index (χ4v) is 5.09. The van der Waals surface area contributed by atoms with E-state index in [-0.39, 0.29) is 11.1 Å². The SMILES string of the molecule is CCCCc1cn(-c2c(Cl)cccc2C(C)(C)C)c(=O)n1Cc1ccc(-c2ncccc2-c2nn[nH]n2)cc1. The van der Waals surface area contributed by atoms with Gasteiger partial charge < -0.3 is 0 Å². The average molecular weight is 542 g/mol. The Morgan fingerprint density at radius 2 is 1.82 bits per heavy atom. The summed E-state index contributed by atoms with van der Waals surface area (Å²) in [6.45, 7) is 9.02. The third kappa shape index (κ3) is 5.43. The second-order valence-corrected chi connectivity index (χ2v) is 11.1. The van der Waals surface area contributed by atoms with Crippen molar-refractivity contribution in [2.24, 2.45) is 0 Å². The number of H-pyrrole nitrogens is 1. The van der Waals surface area contributed by atoms with Crippen LogP contribution in [0.3, 0.4) is 0 Å². The molecule has 0 spiro atoms. The van der Waals surface area contributed by atoms with Crippen LogP contribution in [-0.2, 0) is 18.4 Å².